The van der Waals surface area contributed by atoms with Gasteiger partial charge in [-0.05, 0) is 25.7 Å². The van der Waals surface area contributed by atoms with Crippen LogP contribution < -0.4 is 0 Å². The number of hydrogen-bond acceptors (Lipinski definition) is 8. The Bertz CT molecular complexity index is 537. The van der Waals surface area contributed by atoms with Crippen LogP contribution in [0.1, 0.15) is 118 Å². The summed E-state index contributed by atoms with van der Waals surface area (Å²) in [7, 11) is 0. The summed E-state index contributed by atoms with van der Waals surface area (Å²) in [6.07, 6.45) is 9.50. The molecule has 0 atom stereocenters. The van der Waals surface area contributed by atoms with Gasteiger partial charge in [0.15, 0.2) is 0 Å². The third kappa shape index (κ3) is 17.9. The monoisotopic (exact) mass is 500 g/mol. The molecule has 0 amide bonds. The van der Waals surface area contributed by atoms with E-state index >= 15 is 0 Å². The first-order valence-electron chi connectivity index (χ1n) is 13.4. The molecule has 0 bridgehead atoms. The second-order valence-electron chi connectivity index (χ2n) is 9.26. The van der Waals surface area contributed by atoms with Crippen molar-refractivity contribution in [3.8, 4) is 0 Å². The third-order valence-corrected chi connectivity index (χ3v) is 5.56. The molecular weight excluding hydrogens is 452 g/mol. The molecular formula is C27H48O8. The van der Waals surface area contributed by atoms with E-state index in [2.05, 4.69) is 0 Å². The molecule has 0 radical (unpaired) electrons. The summed E-state index contributed by atoms with van der Waals surface area (Å²) in [6, 6.07) is 0. The first-order valence-corrected chi connectivity index (χ1v) is 13.4. The molecule has 35 heavy (non-hydrogen) atoms. The van der Waals surface area contributed by atoms with Gasteiger partial charge in [0.2, 0.25) is 0 Å². The first kappa shape index (κ1) is 32.9. The zero-order chi connectivity index (χ0) is 26.4. The van der Waals surface area contributed by atoms with E-state index in [-0.39, 0.29) is 70.0 Å². The number of hydrogen-bond donors (Lipinski definition) is 0. The van der Waals surface area contributed by atoms with Gasteiger partial charge in [-0.3, -0.25) is 19.2 Å². The van der Waals surface area contributed by atoms with Crippen LogP contribution in [0, 0.1) is 5.41 Å². The van der Waals surface area contributed by atoms with Crippen molar-refractivity contribution in [2.24, 2.45) is 5.41 Å². The fourth-order valence-corrected chi connectivity index (χ4v) is 3.24. The molecule has 0 spiro atoms. The zero-order valence-corrected chi connectivity index (χ0v) is 22.5. The van der Waals surface area contributed by atoms with Crippen molar-refractivity contribution in [1.82, 2.24) is 0 Å². The Morgan fingerprint density at radius 3 is 0.971 bits per heavy atom. The smallest absolute Gasteiger partial charge is 0.305 e. The number of unbranched alkanes of at least 4 members (excludes halogenated alkanes) is 6. The molecule has 0 rings (SSSR count). The predicted molar refractivity (Wildman–Crippen MR) is 134 cm³/mol. The quantitative estimate of drug-likeness (QED) is 0.106. The summed E-state index contributed by atoms with van der Waals surface area (Å²) in [5.41, 5.74) is -1.16. The Kier molecular flexibility index (Phi) is 19.9. The molecule has 0 aliphatic rings. The van der Waals surface area contributed by atoms with Gasteiger partial charge in [-0.25, -0.2) is 0 Å². The van der Waals surface area contributed by atoms with Crippen molar-refractivity contribution in [3.05, 3.63) is 0 Å². The molecule has 0 N–H and O–H groups in total. The van der Waals surface area contributed by atoms with Gasteiger partial charge in [-0.1, -0.05) is 66.2 Å². The van der Waals surface area contributed by atoms with Gasteiger partial charge in [0.25, 0.3) is 0 Å². The number of ether oxygens (including phenoxy) is 4. The van der Waals surface area contributed by atoms with E-state index < -0.39 is 11.4 Å². The van der Waals surface area contributed by atoms with Crippen LogP contribution in [0.15, 0.2) is 0 Å². The van der Waals surface area contributed by atoms with Crippen LogP contribution in [0.3, 0.4) is 0 Å². The van der Waals surface area contributed by atoms with E-state index in [0.29, 0.717) is 25.7 Å². The third-order valence-electron chi connectivity index (χ3n) is 5.56. The average molecular weight is 501 g/mol. The van der Waals surface area contributed by atoms with Crippen molar-refractivity contribution >= 4 is 23.9 Å². The van der Waals surface area contributed by atoms with Crippen molar-refractivity contribution in [2.45, 2.75) is 118 Å². The van der Waals surface area contributed by atoms with Crippen LogP contribution in [-0.4, -0.2) is 50.3 Å². The lowest BCUT2D eigenvalue weighted by Crippen LogP contribution is -2.44. The summed E-state index contributed by atoms with van der Waals surface area (Å²) in [6.45, 7) is 7.28. The van der Waals surface area contributed by atoms with E-state index in [1.807, 2.05) is 27.7 Å². The minimum absolute atomic E-state index is 0.179. The van der Waals surface area contributed by atoms with E-state index in [4.69, 9.17) is 18.9 Å². The molecule has 0 saturated carbocycles. The molecule has 8 heteroatoms. The lowest BCUT2D eigenvalue weighted by molar-refractivity contribution is -0.170. The van der Waals surface area contributed by atoms with Crippen molar-refractivity contribution in [1.29, 1.82) is 0 Å². The summed E-state index contributed by atoms with van der Waals surface area (Å²) in [5.74, 6) is -1.56. The van der Waals surface area contributed by atoms with Crippen molar-refractivity contribution in [3.63, 3.8) is 0 Å². The molecule has 0 aliphatic heterocycles. The van der Waals surface area contributed by atoms with Crippen LogP contribution in [0.5, 0.6) is 0 Å². The van der Waals surface area contributed by atoms with Crippen LogP contribution in [0.25, 0.3) is 0 Å². The Labute approximate surface area is 211 Å². The summed E-state index contributed by atoms with van der Waals surface area (Å²) in [4.78, 5) is 48.9. The molecule has 0 aliphatic carbocycles. The fraction of sp³-hybridized carbons (Fsp3) is 0.852. The topological polar surface area (TPSA) is 105 Å². The molecule has 0 saturated heterocycles. The van der Waals surface area contributed by atoms with Crippen molar-refractivity contribution < 1.29 is 38.1 Å². The molecule has 0 aromatic rings. The van der Waals surface area contributed by atoms with Gasteiger partial charge in [-0.2, -0.15) is 0 Å². The van der Waals surface area contributed by atoms with Gasteiger partial charge in [0, 0.05) is 25.7 Å². The first-order chi connectivity index (χ1) is 16.8. The highest BCUT2D eigenvalue weighted by molar-refractivity contribution is 5.71. The van der Waals surface area contributed by atoms with Crippen LogP contribution in [0.4, 0.5) is 0 Å². The van der Waals surface area contributed by atoms with Gasteiger partial charge in [0.1, 0.15) is 31.8 Å². The summed E-state index contributed by atoms with van der Waals surface area (Å²) >= 11 is 0. The van der Waals surface area contributed by atoms with Gasteiger partial charge < -0.3 is 18.9 Å². The Morgan fingerprint density at radius 2 is 0.714 bits per heavy atom. The minimum Gasteiger partial charge on any atom is -0.465 e. The van der Waals surface area contributed by atoms with E-state index in [1.54, 1.807) is 0 Å². The predicted octanol–water partition coefficient (Wildman–Crippen LogP) is 5.69. The van der Waals surface area contributed by atoms with Gasteiger partial charge in [-0.15, -0.1) is 0 Å². The highest BCUT2D eigenvalue weighted by atomic mass is 16.6. The van der Waals surface area contributed by atoms with E-state index in [0.717, 1.165) is 38.5 Å². The SMILES string of the molecule is CCCCCC(=O)OCC(COC(=O)CCC)(COC(=O)CCCCC)COC(=O)CCCCC. The average Bonchev–Trinajstić information content (AvgIpc) is 2.84. The lowest BCUT2D eigenvalue weighted by Gasteiger charge is -2.31. The zero-order valence-electron chi connectivity index (χ0n) is 22.5. The Hall–Kier alpha value is -2.12. The maximum atomic E-state index is 12.3. The normalized spacial score (nSPS) is 11.1. The molecule has 0 aromatic carbocycles. The standard InChI is InChI=1S/C27H48O8/c1-5-9-12-16-24(29)33-20-27(19-32-23(28)15-8-4,21-34-25(30)17-13-10-6-2)22-35-26(31)18-14-11-7-3/h5-22H2,1-4H3. The van der Waals surface area contributed by atoms with Gasteiger partial charge >= 0.3 is 23.9 Å². The molecule has 8 nitrogen and oxygen atoms in total. The van der Waals surface area contributed by atoms with Gasteiger partial charge in [0.05, 0.1) is 0 Å². The lowest BCUT2D eigenvalue weighted by atomic mass is 9.92. The highest BCUT2D eigenvalue weighted by Gasteiger charge is 2.37. The number of carbonyl (C=O) groups is 4. The summed E-state index contributed by atoms with van der Waals surface area (Å²) in [5, 5.41) is 0. The number of rotatable bonds is 22. The Balaban J connectivity index is 5.40. The maximum Gasteiger partial charge on any atom is 0.305 e. The second kappa shape index (κ2) is 21.2. The summed E-state index contributed by atoms with van der Waals surface area (Å²) < 4.78 is 21.9. The molecule has 0 fully saturated rings. The van der Waals surface area contributed by atoms with E-state index in [1.165, 1.54) is 0 Å². The van der Waals surface area contributed by atoms with Crippen LogP contribution in [-0.2, 0) is 38.1 Å². The number of esters is 4. The maximum absolute atomic E-state index is 12.3. The molecule has 0 unspecified atom stereocenters. The molecule has 204 valence electrons. The van der Waals surface area contributed by atoms with Crippen LogP contribution in [0.2, 0.25) is 0 Å². The molecule has 0 aromatic heterocycles. The molecule has 0 heterocycles. The second-order valence-corrected chi connectivity index (χ2v) is 9.26. The Morgan fingerprint density at radius 1 is 0.429 bits per heavy atom. The fourth-order valence-electron chi connectivity index (χ4n) is 3.24. The van der Waals surface area contributed by atoms with E-state index in [9.17, 15) is 19.2 Å². The highest BCUT2D eigenvalue weighted by Crippen LogP contribution is 2.23. The van der Waals surface area contributed by atoms with Crippen LogP contribution >= 0.6 is 0 Å². The number of carbonyl (C=O) groups excluding carboxylic acids is 4. The minimum atomic E-state index is -1.16. The van der Waals surface area contributed by atoms with Crippen molar-refractivity contribution in [2.75, 3.05) is 26.4 Å². The largest absolute Gasteiger partial charge is 0.465 e.